The molecule has 0 aliphatic heterocycles. The molecule has 0 unspecified atom stereocenters. The highest BCUT2D eigenvalue weighted by Gasteiger charge is 1.99. The molecule has 1 heterocycles. The number of nitrogens with two attached hydrogens (primary N) is 1. The third-order valence-electron chi connectivity index (χ3n) is 0.851. The van der Waals surface area contributed by atoms with Crippen molar-refractivity contribution in [1.29, 1.82) is 0 Å². The summed E-state index contributed by atoms with van der Waals surface area (Å²) in [5, 5.41) is 0.958. The SMILES string of the molecule is NC(=S)Cc1ncc(Br)s1. The Kier molecular flexibility index (Phi) is 2.76. The summed E-state index contributed by atoms with van der Waals surface area (Å²) in [5.74, 6) is 0. The van der Waals surface area contributed by atoms with Crippen molar-refractivity contribution in [2.45, 2.75) is 6.42 Å². The number of aromatic nitrogens is 1. The molecule has 1 aromatic heterocycles. The summed E-state index contributed by atoms with van der Waals surface area (Å²) in [6.45, 7) is 0. The van der Waals surface area contributed by atoms with Gasteiger partial charge in [-0.3, -0.25) is 0 Å². The molecule has 0 fully saturated rings. The van der Waals surface area contributed by atoms with Gasteiger partial charge < -0.3 is 5.73 Å². The van der Waals surface area contributed by atoms with Crippen molar-refractivity contribution in [1.82, 2.24) is 4.98 Å². The summed E-state index contributed by atoms with van der Waals surface area (Å²) in [6, 6.07) is 0. The van der Waals surface area contributed by atoms with Gasteiger partial charge in [0.05, 0.1) is 15.0 Å². The third-order valence-corrected chi connectivity index (χ3v) is 2.47. The first kappa shape index (κ1) is 8.10. The van der Waals surface area contributed by atoms with Gasteiger partial charge in [-0.2, -0.15) is 0 Å². The van der Waals surface area contributed by atoms with Crippen LogP contribution in [0.2, 0.25) is 0 Å². The average Bonchev–Trinajstić information content (AvgIpc) is 2.13. The van der Waals surface area contributed by atoms with E-state index in [1.165, 1.54) is 0 Å². The van der Waals surface area contributed by atoms with E-state index in [0.717, 1.165) is 8.79 Å². The second kappa shape index (κ2) is 3.41. The maximum absolute atomic E-state index is 5.32. The van der Waals surface area contributed by atoms with Crippen LogP contribution in [-0.4, -0.2) is 9.97 Å². The molecule has 0 aromatic carbocycles. The van der Waals surface area contributed by atoms with E-state index in [1.807, 2.05) is 0 Å². The fourth-order valence-electron chi connectivity index (χ4n) is 0.519. The lowest BCUT2D eigenvalue weighted by Gasteiger charge is -1.88. The highest BCUT2D eigenvalue weighted by atomic mass is 79.9. The van der Waals surface area contributed by atoms with Crippen molar-refractivity contribution >= 4 is 44.5 Å². The number of hydrogen-bond acceptors (Lipinski definition) is 3. The van der Waals surface area contributed by atoms with Gasteiger partial charge in [-0.1, -0.05) is 12.2 Å². The second-order valence-corrected chi connectivity index (χ2v) is 4.72. The number of nitrogens with zero attached hydrogens (tertiary/aromatic N) is 1. The van der Waals surface area contributed by atoms with Gasteiger partial charge in [0.2, 0.25) is 0 Å². The van der Waals surface area contributed by atoms with Crippen molar-refractivity contribution in [3.8, 4) is 0 Å². The van der Waals surface area contributed by atoms with E-state index in [1.54, 1.807) is 17.5 Å². The molecule has 1 aromatic rings. The minimum absolute atomic E-state index is 0.488. The van der Waals surface area contributed by atoms with E-state index in [2.05, 4.69) is 20.9 Å². The molecule has 2 nitrogen and oxygen atoms in total. The molecular weight excluding hydrogens is 232 g/mol. The van der Waals surface area contributed by atoms with Gasteiger partial charge in [0.1, 0.15) is 5.01 Å². The molecule has 54 valence electrons. The fraction of sp³-hybridized carbons (Fsp3) is 0.200. The molecule has 0 saturated heterocycles. The van der Waals surface area contributed by atoms with Crippen LogP contribution in [-0.2, 0) is 6.42 Å². The summed E-state index contributed by atoms with van der Waals surface area (Å²) in [5.41, 5.74) is 5.32. The van der Waals surface area contributed by atoms with Crippen molar-refractivity contribution in [3.05, 3.63) is 15.0 Å². The molecule has 0 aliphatic rings. The maximum Gasteiger partial charge on any atom is 0.100 e. The quantitative estimate of drug-likeness (QED) is 0.796. The fourth-order valence-corrected chi connectivity index (χ4v) is 2.07. The van der Waals surface area contributed by atoms with Crippen molar-refractivity contribution in [3.63, 3.8) is 0 Å². The Morgan fingerprint density at radius 2 is 2.60 bits per heavy atom. The number of thiocarbonyl (C=S) groups is 1. The van der Waals surface area contributed by atoms with Gasteiger partial charge >= 0.3 is 0 Å². The van der Waals surface area contributed by atoms with Crippen LogP contribution >= 0.6 is 39.5 Å². The molecule has 0 aliphatic carbocycles. The predicted molar refractivity (Wildman–Crippen MR) is 50.3 cm³/mol. The zero-order chi connectivity index (χ0) is 7.56. The monoisotopic (exact) mass is 236 g/mol. The van der Waals surface area contributed by atoms with Crippen molar-refractivity contribution in [2.24, 2.45) is 5.73 Å². The smallest absolute Gasteiger partial charge is 0.100 e. The molecule has 0 saturated carbocycles. The molecular formula is C5H5BrN2S2. The summed E-state index contributed by atoms with van der Waals surface area (Å²) in [4.78, 5) is 4.55. The zero-order valence-electron chi connectivity index (χ0n) is 5.00. The molecule has 5 heteroatoms. The van der Waals surface area contributed by atoms with Crippen LogP contribution < -0.4 is 5.73 Å². The minimum Gasteiger partial charge on any atom is -0.393 e. The molecule has 0 radical (unpaired) electrons. The highest BCUT2D eigenvalue weighted by Crippen LogP contribution is 2.19. The van der Waals surface area contributed by atoms with Crippen molar-refractivity contribution < 1.29 is 0 Å². The van der Waals surface area contributed by atoms with Crippen LogP contribution in [0, 0.1) is 0 Å². The van der Waals surface area contributed by atoms with Crippen LogP contribution in [0.5, 0.6) is 0 Å². The van der Waals surface area contributed by atoms with Gasteiger partial charge in [0.15, 0.2) is 0 Å². The molecule has 0 spiro atoms. The van der Waals surface area contributed by atoms with Gasteiger partial charge in [0, 0.05) is 6.42 Å². The molecule has 1 rings (SSSR count). The standard InChI is InChI=1S/C5H5BrN2S2/c6-3-2-8-5(10-3)1-4(7)9/h2H,1H2,(H2,7,9). The van der Waals surface area contributed by atoms with E-state index in [-0.39, 0.29) is 0 Å². The molecule has 0 amide bonds. The lowest BCUT2D eigenvalue weighted by Crippen LogP contribution is -2.10. The maximum atomic E-state index is 5.32. The van der Waals surface area contributed by atoms with Crippen LogP contribution in [0.1, 0.15) is 5.01 Å². The third kappa shape index (κ3) is 2.32. The first-order valence-corrected chi connectivity index (χ1v) is 4.59. The number of rotatable bonds is 2. The normalized spacial score (nSPS) is 9.70. The Hall–Kier alpha value is -0.0000000000000000833. The molecule has 0 atom stereocenters. The average molecular weight is 237 g/mol. The zero-order valence-corrected chi connectivity index (χ0v) is 8.22. The lowest BCUT2D eigenvalue weighted by molar-refractivity contribution is 1.22. The Balaban J connectivity index is 2.67. The Labute approximate surface area is 76.6 Å². The van der Waals surface area contributed by atoms with Gasteiger partial charge in [0.25, 0.3) is 0 Å². The topological polar surface area (TPSA) is 38.9 Å². The number of hydrogen-bond donors (Lipinski definition) is 1. The van der Waals surface area contributed by atoms with Crippen LogP contribution in [0.3, 0.4) is 0 Å². The predicted octanol–water partition coefficient (Wildman–Crippen LogP) is 1.73. The van der Waals surface area contributed by atoms with E-state index in [9.17, 15) is 0 Å². The number of halogens is 1. The largest absolute Gasteiger partial charge is 0.393 e. The van der Waals surface area contributed by atoms with Gasteiger partial charge in [-0.05, 0) is 15.9 Å². The highest BCUT2D eigenvalue weighted by molar-refractivity contribution is 9.11. The first-order chi connectivity index (χ1) is 4.68. The van der Waals surface area contributed by atoms with Gasteiger partial charge in [-0.15, -0.1) is 11.3 Å². The van der Waals surface area contributed by atoms with E-state index < -0.39 is 0 Å². The summed E-state index contributed by atoms with van der Waals surface area (Å²) >= 11 is 9.56. The summed E-state index contributed by atoms with van der Waals surface area (Å²) < 4.78 is 1.01. The molecule has 10 heavy (non-hydrogen) atoms. The summed E-state index contributed by atoms with van der Waals surface area (Å²) in [7, 11) is 0. The Morgan fingerprint density at radius 3 is 3.00 bits per heavy atom. The second-order valence-electron chi connectivity index (χ2n) is 1.70. The lowest BCUT2D eigenvalue weighted by atomic mass is 10.5. The number of thiazole rings is 1. The molecule has 2 N–H and O–H groups in total. The van der Waals surface area contributed by atoms with E-state index >= 15 is 0 Å². The summed E-state index contributed by atoms with van der Waals surface area (Å²) in [6.07, 6.45) is 2.35. The van der Waals surface area contributed by atoms with Crippen molar-refractivity contribution in [2.75, 3.05) is 0 Å². The van der Waals surface area contributed by atoms with Crippen LogP contribution in [0.4, 0.5) is 0 Å². The first-order valence-electron chi connectivity index (χ1n) is 2.57. The minimum atomic E-state index is 0.488. The Bertz CT molecular complexity index is 246. The molecule has 0 bridgehead atoms. The van der Waals surface area contributed by atoms with Crippen LogP contribution in [0.15, 0.2) is 9.98 Å². The van der Waals surface area contributed by atoms with E-state index in [4.69, 9.17) is 18.0 Å². The Morgan fingerprint density at radius 1 is 1.90 bits per heavy atom. The van der Waals surface area contributed by atoms with Gasteiger partial charge in [-0.25, -0.2) is 4.98 Å². The van der Waals surface area contributed by atoms with E-state index in [0.29, 0.717) is 11.4 Å². The van der Waals surface area contributed by atoms with Crippen LogP contribution in [0.25, 0.3) is 0 Å².